The summed E-state index contributed by atoms with van der Waals surface area (Å²) >= 11 is 0. The minimum absolute atomic E-state index is 0.0916. The number of hydrogen-bond acceptors (Lipinski definition) is 3. The second kappa shape index (κ2) is 8.48. The van der Waals surface area contributed by atoms with Crippen LogP contribution in [0.15, 0.2) is 16.8 Å². The Labute approximate surface area is 100.0 Å². The first-order valence-electron chi connectivity index (χ1n) is 6.00. The highest BCUT2D eigenvalue weighted by atomic mass is 16.5. The highest BCUT2D eigenvalue weighted by Gasteiger charge is 2.18. The molecule has 0 radical (unpaired) electrons. The van der Waals surface area contributed by atoms with Crippen LogP contribution in [0.4, 0.5) is 0 Å². The Bertz CT molecular complexity index is 244. The molecule has 1 N–H and O–H groups in total. The third-order valence-corrected chi connectivity index (χ3v) is 2.48. The number of allylic oxidation sites excluding steroid dienone is 2. The zero-order valence-electron chi connectivity index (χ0n) is 11.5. The Kier molecular flexibility index (Phi) is 8.12. The van der Waals surface area contributed by atoms with Crippen molar-refractivity contribution in [3.63, 3.8) is 0 Å². The van der Waals surface area contributed by atoms with Crippen LogP contribution in [-0.2, 0) is 4.74 Å². The molecule has 3 heteroatoms. The fraction of sp³-hybridized carbons (Fsp3) is 0.769. The molecular weight excluding hydrogens is 200 g/mol. The molecule has 0 heterocycles. The lowest BCUT2D eigenvalue weighted by Crippen LogP contribution is -2.36. The standard InChI is InChI=1S/C13H26N2O/c1-7-11(5)15-12(9-14-8-2)13(16-6)10(3)4/h7,10,13-14H,8-9H2,1-6H3/b11-7+,15-12?. The van der Waals surface area contributed by atoms with Gasteiger partial charge in [0.15, 0.2) is 0 Å². The van der Waals surface area contributed by atoms with Crippen molar-refractivity contribution in [1.82, 2.24) is 5.32 Å². The fourth-order valence-electron chi connectivity index (χ4n) is 1.54. The van der Waals surface area contributed by atoms with Crippen molar-refractivity contribution in [3.05, 3.63) is 11.8 Å². The van der Waals surface area contributed by atoms with Crippen molar-refractivity contribution in [2.45, 2.75) is 40.7 Å². The SMILES string of the molecule is C/C=C(\C)N=C(CNCC)C(OC)C(C)C. The quantitative estimate of drug-likeness (QED) is 0.677. The molecule has 0 bridgehead atoms. The molecule has 0 aromatic carbocycles. The molecule has 0 saturated carbocycles. The van der Waals surface area contributed by atoms with Gasteiger partial charge in [0.05, 0.1) is 11.8 Å². The Morgan fingerprint density at radius 1 is 1.44 bits per heavy atom. The number of nitrogens with one attached hydrogen (secondary N) is 1. The molecular formula is C13H26N2O. The number of aliphatic imine (C=N–C) groups is 1. The maximum absolute atomic E-state index is 5.52. The number of methoxy groups -OCH3 is 1. The largest absolute Gasteiger partial charge is 0.375 e. The summed E-state index contributed by atoms with van der Waals surface area (Å²) in [6.07, 6.45) is 2.10. The molecule has 0 rings (SSSR count). The molecule has 0 aliphatic heterocycles. The predicted molar refractivity (Wildman–Crippen MR) is 71.0 cm³/mol. The van der Waals surface area contributed by atoms with Gasteiger partial charge in [-0.1, -0.05) is 26.8 Å². The van der Waals surface area contributed by atoms with Crippen LogP contribution in [0.5, 0.6) is 0 Å². The highest BCUT2D eigenvalue weighted by Crippen LogP contribution is 2.10. The van der Waals surface area contributed by atoms with E-state index in [9.17, 15) is 0 Å². The highest BCUT2D eigenvalue weighted by molar-refractivity contribution is 5.91. The van der Waals surface area contributed by atoms with Crippen LogP contribution in [0.2, 0.25) is 0 Å². The molecule has 0 aromatic heterocycles. The van der Waals surface area contributed by atoms with Crippen molar-refractivity contribution >= 4 is 5.71 Å². The van der Waals surface area contributed by atoms with Gasteiger partial charge in [0, 0.05) is 19.4 Å². The summed E-state index contributed by atoms with van der Waals surface area (Å²) in [5.41, 5.74) is 2.12. The third kappa shape index (κ3) is 5.42. The summed E-state index contributed by atoms with van der Waals surface area (Å²) in [5, 5.41) is 3.31. The van der Waals surface area contributed by atoms with Gasteiger partial charge < -0.3 is 10.1 Å². The van der Waals surface area contributed by atoms with Gasteiger partial charge in [0.25, 0.3) is 0 Å². The van der Waals surface area contributed by atoms with E-state index in [-0.39, 0.29) is 6.10 Å². The van der Waals surface area contributed by atoms with Crippen LogP contribution in [0, 0.1) is 5.92 Å². The minimum atomic E-state index is 0.0916. The summed E-state index contributed by atoms with van der Waals surface area (Å²) < 4.78 is 5.52. The average molecular weight is 226 g/mol. The van der Waals surface area contributed by atoms with Crippen molar-refractivity contribution in [3.8, 4) is 0 Å². The van der Waals surface area contributed by atoms with Crippen molar-refractivity contribution in [2.24, 2.45) is 10.9 Å². The summed E-state index contributed by atoms with van der Waals surface area (Å²) in [5.74, 6) is 0.437. The van der Waals surface area contributed by atoms with Crippen molar-refractivity contribution in [1.29, 1.82) is 0 Å². The Balaban J connectivity index is 4.83. The van der Waals surface area contributed by atoms with Gasteiger partial charge >= 0.3 is 0 Å². The molecule has 3 nitrogen and oxygen atoms in total. The van der Waals surface area contributed by atoms with E-state index in [0.29, 0.717) is 5.92 Å². The molecule has 0 amide bonds. The number of hydrogen-bond donors (Lipinski definition) is 1. The van der Waals surface area contributed by atoms with Crippen LogP contribution in [0.25, 0.3) is 0 Å². The second-order valence-electron chi connectivity index (χ2n) is 4.21. The van der Waals surface area contributed by atoms with Crippen LogP contribution in [0.1, 0.15) is 34.6 Å². The van der Waals surface area contributed by atoms with Gasteiger partial charge in [-0.25, -0.2) is 0 Å². The van der Waals surface area contributed by atoms with Crippen LogP contribution in [0.3, 0.4) is 0 Å². The molecule has 0 spiro atoms. The lowest BCUT2D eigenvalue weighted by Gasteiger charge is -2.22. The first-order valence-corrected chi connectivity index (χ1v) is 6.00. The lowest BCUT2D eigenvalue weighted by atomic mass is 10.0. The molecule has 16 heavy (non-hydrogen) atoms. The zero-order chi connectivity index (χ0) is 12.6. The number of ether oxygens (including phenoxy) is 1. The summed E-state index contributed by atoms with van der Waals surface area (Å²) in [6.45, 7) is 12.2. The first kappa shape index (κ1) is 15.3. The summed E-state index contributed by atoms with van der Waals surface area (Å²) in [6, 6.07) is 0. The third-order valence-electron chi connectivity index (χ3n) is 2.48. The second-order valence-corrected chi connectivity index (χ2v) is 4.21. The Morgan fingerprint density at radius 2 is 2.06 bits per heavy atom. The van der Waals surface area contributed by atoms with Gasteiger partial charge in [-0.15, -0.1) is 0 Å². The van der Waals surface area contributed by atoms with Gasteiger partial charge in [-0.3, -0.25) is 4.99 Å². The minimum Gasteiger partial charge on any atom is -0.375 e. The van der Waals surface area contributed by atoms with E-state index in [4.69, 9.17) is 4.74 Å². The normalized spacial score (nSPS) is 15.7. The topological polar surface area (TPSA) is 33.6 Å². The maximum atomic E-state index is 5.52. The van der Waals surface area contributed by atoms with Crippen molar-refractivity contribution < 1.29 is 4.74 Å². The number of nitrogens with zero attached hydrogens (tertiary/aromatic N) is 1. The molecule has 1 atom stereocenters. The average Bonchev–Trinajstić information content (AvgIpc) is 2.25. The van der Waals surface area contributed by atoms with E-state index in [2.05, 4.69) is 31.1 Å². The van der Waals surface area contributed by atoms with E-state index in [1.165, 1.54) is 0 Å². The summed E-state index contributed by atoms with van der Waals surface area (Å²) in [4.78, 5) is 4.62. The van der Waals surface area contributed by atoms with Gasteiger partial charge in [0.2, 0.25) is 0 Å². The monoisotopic (exact) mass is 226 g/mol. The zero-order valence-corrected chi connectivity index (χ0v) is 11.5. The van der Waals surface area contributed by atoms with E-state index in [1.807, 2.05) is 19.9 Å². The van der Waals surface area contributed by atoms with Crippen LogP contribution in [-0.4, -0.2) is 32.0 Å². The molecule has 0 aliphatic carbocycles. The van der Waals surface area contributed by atoms with Gasteiger partial charge in [0.1, 0.15) is 0 Å². The van der Waals surface area contributed by atoms with Crippen molar-refractivity contribution in [2.75, 3.05) is 20.2 Å². The maximum Gasteiger partial charge on any atom is 0.0987 e. The molecule has 0 aliphatic rings. The lowest BCUT2D eigenvalue weighted by molar-refractivity contribution is 0.117. The van der Waals surface area contributed by atoms with E-state index >= 15 is 0 Å². The van der Waals surface area contributed by atoms with Gasteiger partial charge in [-0.2, -0.15) is 0 Å². The molecule has 0 aromatic rings. The molecule has 0 fully saturated rings. The number of rotatable bonds is 7. The van der Waals surface area contributed by atoms with Crippen LogP contribution >= 0.6 is 0 Å². The van der Waals surface area contributed by atoms with Crippen LogP contribution < -0.4 is 5.32 Å². The van der Waals surface area contributed by atoms with E-state index in [0.717, 1.165) is 24.5 Å². The fourth-order valence-corrected chi connectivity index (χ4v) is 1.54. The van der Waals surface area contributed by atoms with E-state index < -0.39 is 0 Å². The molecule has 0 saturated heterocycles. The summed E-state index contributed by atoms with van der Waals surface area (Å²) in [7, 11) is 1.75. The smallest absolute Gasteiger partial charge is 0.0987 e. The Hall–Kier alpha value is -0.670. The molecule has 94 valence electrons. The first-order chi connectivity index (χ1) is 7.56. The van der Waals surface area contributed by atoms with Gasteiger partial charge in [-0.05, 0) is 26.3 Å². The predicted octanol–water partition coefficient (Wildman–Crippen LogP) is 2.63. The van der Waals surface area contributed by atoms with E-state index in [1.54, 1.807) is 7.11 Å². The Morgan fingerprint density at radius 3 is 2.44 bits per heavy atom. The molecule has 1 unspecified atom stereocenters.